The van der Waals surface area contributed by atoms with Crippen LogP contribution < -0.4 is 5.32 Å². The summed E-state index contributed by atoms with van der Waals surface area (Å²) in [5, 5.41) is 12.8. The number of nitrogens with one attached hydrogen (secondary N) is 1. The molecule has 1 heterocycles. The number of carbonyl (C=O) groups is 1. The highest BCUT2D eigenvalue weighted by molar-refractivity contribution is 9.10. The third kappa shape index (κ3) is 5.69. The Morgan fingerprint density at radius 1 is 1.31 bits per heavy atom. The van der Waals surface area contributed by atoms with Gasteiger partial charge in [0.15, 0.2) is 4.34 Å². The van der Waals surface area contributed by atoms with Crippen molar-refractivity contribution in [1.29, 1.82) is 0 Å². The molecule has 1 aliphatic carbocycles. The molecule has 8 heteroatoms. The summed E-state index contributed by atoms with van der Waals surface area (Å²) < 4.78 is 1.86. The van der Waals surface area contributed by atoms with Gasteiger partial charge in [0.25, 0.3) is 0 Å². The molecule has 1 saturated carbocycles. The third-order valence-corrected chi connectivity index (χ3v) is 7.20. The summed E-state index contributed by atoms with van der Waals surface area (Å²) in [6.07, 6.45) is 6.33. The van der Waals surface area contributed by atoms with Gasteiger partial charge in [-0.1, -0.05) is 76.5 Å². The van der Waals surface area contributed by atoms with Gasteiger partial charge in [0, 0.05) is 24.1 Å². The summed E-state index contributed by atoms with van der Waals surface area (Å²) in [4.78, 5) is 14.1. The zero-order valence-corrected chi connectivity index (χ0v) is 18.0. The first-order valence-electron chi connectivity index (χ1n) is 8.82. The van der Waals surface area contributed by atoms with Gasteiger partial charge >= 0.3 is 0 Å². The van der Waals surface area contributed by atoms with Gasteiger partial charge in [0.2, 0.25) is 11.0 Å². The summed E-state index contributed by atoms with van der Waals surface area (Å²) in [7, 11) is 1.83. The standard InChI is InChI=1S/C18H23BrN4OS2/c1-23(11-13-7-5-6-10-15(13)19)16(24)12-25-18-22-21-17(26-18)20-14-8-3-2-4-9-14/h5-7,10,14H,2-4,8-9,11-12H2,1H3,(H,20,21). The lowest BCUT2D eigenvalue weighted by molar-refractivity contribution is -0.127. The predicted molar refractivity (Wildman–Crippen MR) is 112 cm³/mol. The minimum absolute atomic E-state index is 0.0859. The van der Waals surface area contributed by atoms with Gasteiger partial charge < -0.3 is 10.2 Å². The first-order chi connectivity index (χ1) is 12.6. The van der Waals surface area contributed by atoms with Crippen LogP contribution in [0.2, 0.25) is 0 Å². The number of carbonyl (C=O) groups excluding carboxylic acids is 1. The molecule has 0 spiro atoms. The molecule has 3 rings (SSSR count). The lowest BCUT2D eigenvalue weighted by Crippen LogP contribution is -2.27. The molecular formula is C18H23BrN4OS2. The lowest BCUT2D eigenvalue weighted by atomic mass is 9.96. The number of hydrogen-bond donors (Lipinski definition) is 1. The Balaban J connectivity index is 1.46. The monoisotopic (exact) mass is 454 g/mol. The van der Waals surface area contributed by atoms with Crippen molar-refractivity contribution in [3.63, 3.8) is 0 Å². The second-order valence-corrected chi connectivity index (χ2v) is 9.54. The van der Waals surface area contributed by atoms with Gasteiger partial charge in [-0.25, -0.2) is 0 Å². The Bertz CT molecular complexity index is 733. The number of rotatable bonds is 7. The van der Waals surface area contributed by atoms with Crippen molar-refractivity contribution in [2.75, 3.05) is 18.1 Å². The predicted octanol–water partition coefficient (Wildman–Crippen LogP) is 4.80. The van der Waals surface area contributed by atoms with E-state index in [1.807, 2.05) is 31.3 Å². The van der Waals surface area contributed by atoms with Gasteiger partial charge in [0.1, 0.15) is 0 Å². The number of thioether (sulfide) groups is 1. The van der Waals surface area contributed by atoms with Gasteiger partial charge in [-0.15, -0.1) is 10.2 Å². The molecule has 1 fully saturated rings. The van der Waals surface area contributed by atoms with Gasteiger partial charge in [-0.2, -0.15) is 0 Å². The Morgan fingerprint density at radius 3 is 2.85 bits per heavy atom. The van der Waals surface area contributed by atoms with Crippen molar-refractivity contribution in [3.8, 4) is 0 Å². The van der Waals surface area contributed by atoms with Crippen LogP contribution in [0.3, 0.4) is 0 Å². The highest BCUT2D eigenvalue weighted by atomic mass is 79.9. The van der Waals surface area contributed by atoms with Crippen LogP contribution in [-0.2, 0) is 11.3 Å². The molecule has 140 valence electrons. The SMILES string of the molecule is CN(Cc1ccccc1Br)C(=O)CSc1nnc(NC2CCCCC2)s1. The first-order valence-corrected chi connectivity index (χ1v) is 11.4. The average molecular weight is 455 g/mol. The maximum absolute atomic E-state index is 12.4. The van der Waals surface area contributed by atoms with Crippen LogP contribution in [0, 0.1) is 0 Å². The molecule has 26 heavy (non-hydrogen) atoms. The summed E-state index contributed by atoms with van der Waals surface area (Å²) in [6, 6.07) is 8.49. The summed E-state index contributed by atoms with van der Waals surface area (Å²) in [6.45, 7) is 0.589. The molecule has 0 saturated heterocycles. The molecule has 1 amide bonds. The van der Waals surface area contributed by atoms with E-state index in [0.717, 1.165) is 19.5 Å². The van der Waals surface area contributed by atoms with Crippen molar-refractivity contribution in [2.45, 2.75) is 49.0 Å². The van der Waals surface area contributed by atoms with Crippen LogP contribution in [0.4, 0.5) is 5.13 Å². The van der Waals surface area contributed by atoms with E-state index < -0.39 is 0 Å². The first kappa shape index (κ1) is 19.6. The normalized spacial score (nSPS) is 15.0. The molecule has 5 nitrogen and oxygen atoms in total. The topological polar surface area (TPSA) is 58.1 Å². The van der Waals surface area contributed by atoms with E-state index in [-0.39, 0.29) is 5.91 Å². The van der Waals surface area contributed by atoms with E-state index in [0.29, 0.717) is 18.3 Å². The number of nitrogens with zero attached hydrogens (tertiary/aromatic N) is 3. The number of hydrogen-bond acceptors (Lipinski definition) is 6. The molecule has 0 radical (unpaired) electrons. The molecule has 1 aromatic carbocycles. The van der Waals surface area contributed by atoms with Crippen molar-refractivity contribution in [2.24, 2.45) is 0 Å². The fourth-order valence-electron chi connectivity index (χ4n) is 2.95. The smallest absolute Gasteiger partial charge is 0.233 e. The largest absolute Gasteiger partial charge is 0.357 e. The number of amides is 1. The van der Waals surface area contributed by atoms with Crippen molar-refractivity contribution in [1.82, 2.24) is 15.1 Å². The zero-order valence-electron chi connectivity index (χ0n) is 14.8. The minimum Gasteiger partial charge on any atom is -0.357 e. The second kappa shape index (κ2) is 9.71. The fourth-order valence-corrected chi connectivity index (χ4v) is 5.13. The van der Waals surface area contributed by atoms with E-state index in [1.54, 1.807) is 4.90 Å². The summed E-state index contributed by atoms with van der Waals surface area (Å²) in [5.41, 5.74) is 1.10. The maximum atomic E-state index is 12.4. The van der Waals surface area contributed by atoms with Crippen LogP contribution in [0.15, 0.2) is 33.1 Å². The van der Waals surface area contributed by atoms with Crippen LogP contribution in [0.1, 0.15) is 37.7 Å². The van der Waals surface area contributed by atoms with Gasteiger partial charge in [0.05, 0.1) is 5.75 Å². The van der Waals surface area contributed by atoms with E-state index in [2.05, 4.69) is 31.4 Å². The lowest BCUT2D eigenvalue weighted by Gasteiger charge is -2.21. The Morgan fingerprint density at radius 2 is 2.08 bits per heavy atom. The van der Waals surface area contributed by atoms with Crippen molar-refractivity contribution >= 4 is 50.1 Å². The van der Waals surface area contributed by atoms with Crippen LogP contribution in [0.25, 0.3) is 0 Å². The number of anilines is 1. The van der Waals surface area contributed by atoms with Crippen molar-refractivity contribution < 1.29 is 4.79 Å². The molecule has 0 unspecified atom stereocenters. The Labute approximate surface area is 171 Å². The fraction of sp³-hybridized carbons (Fsp3) is 0.500. The van der Waals surface area contributed by atoms with Gasteiger partial charge in [-0.3, -0.25) is 4.79 Å². The molecule has 1 N–H and O–H groups in total. The summed E-state index contributed by atoms with van der Waals surface area (Å²) in [5.74, 6) is 0.460. The number of benzene rings is 1. The molecule has 0 bridgehead atoms. The molecule has 1 aromatic heterocycles. The molecule has 0 aliphatic heterocycles. The van der Waals surface area contributed by atoms with Crippen LogP contribution in [-0.4, -0.2) is 39.8 Å². The minimum atomic E-state index is 0.0859. The maximum Gasteiger partial charge on any atom is 0.233 e. The molecule has 0 atom stereocenters. The average Bonchev–Trinajstić information content (AvgIpc) is 3.09. The highest BCUT2D eigenvalue weighted by Gasteiger charge is 2.16. The number of halogens is 1. The van der Waals surface area contributed by atoms with Gasteiger partial charge in [-0.05, 0) is 24.5 Å². The van der Waals surface area contributed by atoms with Crippen molar-refractivity contribution in [3.05, 3.63) is 34.3 Å². The second-order valence-electron chi connectivity index (χ2n) is 6.48. The van der Waals surface area contributed by atoms with E-state index >= 15 is 0 Å². The quantitative estimate of drug-likeness (QED) is 0.608. The Kier molecular flexibility index (Phi) is 7.33. The summed E-state index contributed by atoms with van der Waals surface area (Å²) >= 11 is 6.52. The highest BCUT2D eigenvalue weighted by Crippen LogP contribution is 2.28. The van der Waals surface area contributed by atoms with E-state index in [1.165, 1.54) is 55.2 Å². The number of aromatic nitrogens is 2. The van der Waals surface area contributed by atoms with E-state index in [4.69, 9.17) is 0 Å². The Hall–Kier alpha value is -1.12. The molecule has 2 aromatic rings. The molecular weight excluding hydrogens is 432 g/mol. The molecule has 1 aliphatic rings. The zero-order chi connectivity index (χ0) is 18.4. The third-order valence-electron chi connectivity index (χ3n) is 4.45. The van der Waals surface area contributed by atoms with E-state index in [9.17, 15) is 4.79 Å². The van der Waals surface area contributed by atoms with Crippen LogP contribution >= 0.6 is 39.0 Å². The van der Waals surface area contributed by atoms with Crippen LogP contribution in [0.5, 0.6) is 0 Å².